The van der Waals surface area contributed by atoms with E-state index in [0.29, 0.717) is 0 Å². The minimum absolute atomic E-state index is 0.176. The summed E-state index contributed by atoms with van der Waals surface area (Å²) in [5, 5.41) is 0.860. The quantitative estimate of drug-likeness (QED) is 0.422. The minimum Gasteiger partial charge on any atom is -0.455 e. The summed E-state index contributed by atoms with van der Waals surface area (Å²) in [5.41, 5.74) is 2.04. The largest absolute Gasteiger partial charge is 0.455 e. The molecule has 0 unspecified atom stereocenters. The molecule has 0 aliphatic heterocycles. The van der Waals surface area contributed by atoms with Crippen molar-refractivity contribution in [2.45, 2.75) is 24.8 Å². The lowest BCUT2D eigenvalue weighted by Crippen LogP contribution is -2.33. The average molecular weight is 415 g/mol. The second-order valence-corrected chi connectivity index (χ2v) is 8.49. The Morgan fingerprint density at radius 1 is 1.18 bits per heavy atom. The Hall–Kier alpha value is -2.38. The molecule has 0 saturated carbocycles. The van der Waals surface area contributed by atoms with E-state index < -0.39 is 5.97 Å². The van der Waals surface area contributed by atoms with Gasteiger partial charge in [0.2, 0.25) is 0 Å². The van der Waals surface area contributed by atoms with Gasteiger partial charge in [0.1, 0.15) is 5.01 Å². The number of rotatable bonds is 7. The zero-order valence-electron chi connectivity index (χ0n) is 16.0. The van der Waals surface area contributed by atoms with E-state index in [-0.39, 0.29) is 24.3 Å². The maximum absolute atomic E-state index is 12.4. The van der Waals surface area contributed by atoms with E-state index in [1.54, 1.807) is 23.3 Å². The number of aromatic nitrogens is 1. The number of carbonyl (C=O) groups excluding carboxylic acids is 2. The molecule has 0 spiro atoms. The fraction of sp³-hybridized carbons (Fsp3) is 0.286. The third-order valence-electron chi connectivity index (χ3n) is 4.44. The first-order chi connectivity index (χ1) is 13.5. The molecule has 146 valence electrons. The lowest BCUT2D eigenvalue weighted by atomic mass is 10.2. The van der Waals surface area contributed by atoms with Gasteiger partial charge in [-0.05, 0) is 37.6 Å². The van der Waals surface area contributed by atoms with E-state index in [0.717, 1.165) is 25.7 Å². The van der Waals surface area contributed by atoms with Crippen LogP contribution in [0.25, 0.3) is 10.2 Å². The Morgan fingerprint density at radius 2 is 1.89 bits per heavy atom. The molecule has 28 heavy (non-hydrogen) atoms. The van der Waals surface area contributed by atoms with Crippen molar-refractivity contribution in [3.8, 4) is 0 Å². The van der Waals surface area contributed by atoms with Crippen molar-refractivity contribution in [2.75, 3.05) is 19.4 Å². The molecule has 0 fully saturated rings. The number of esters is 1. The van der Waals surface area contributed by atoms with Gasteiger partial charge in [0.05, 0.1) is 22.0 Å². The maximum Gasteiger partial charge on any atom is 0.316 e. The van der Waals surface area contributed by atoms with Gasteiger partial charge in [0.25, 0.3) is 5.91 Å². The second-order valence-electron chi connectivity index (χ2n) is 6.42. The molecule has 0 N–H and O–H groups in total. The number of fused-ring (bicyclic) bond motifs is 1. The van der Waals surface area contributed by atoms with Crippen molar-refractivity contribution in [1.29, 1.82) is 0 Å². The maximum atomic E-state index is 12.4. The molecule has 1 atom stereocenters. The van der Waals surface area contributed by atoms with Gasteiger partial charge in [-0.25, -0.2) is 4.98 Å². The minimum atomic E-state index is -0.400. The van der Waals surface area contributed by atoms with Crippen LogP contribution < -0.4 is 0 Å². The summed E-state index contributed by atoms with van der Waals surface area (Å²) in [6, 6.07) is 15.5. The summed E-state index contributed by atoms with van der Waals surface area (Å²) in [5.74, 6) is -0.474. The number of ether oxygens (including phenoxy) is 1. The zero-order valence-corrected chi connectivity index (χ0v) is 17.7. The van der Waals surface area contributed by atoms with Crippen molar-refractivity contribution in [2.24, 2.45) is 0 Å². The van der Waals surface area contributed by atoms with Crippen LogP contribution >= 0.6 is 23.1 Å². The highest BCUT2D eigenvalue weighted by Gasteiger charge is 2.21. The van der Waals surface area contributed by atoms with Crippen molar-refractivity contribution in [1.82, 2.24) is 9.88 Å². The Bertz CT molecular complexity index is 953. The molecule has 3 rings (SSSR count). The van der Waals surface area contributed by atoms with Crippen LogP contribution in [0.4, 0.5) is 0 Å². The Kier molecular flexibility index (Phi) is 6.70. The van der Waals surface area contributed by atoms with Gasteiger partial charge in [-0.15, -0.1) is 23.1 Å². The number of para-hydroxylation sites is 1. The van der Waals surface area contributed by atoms with E-state index in [2.05, 4.69) is 4.98 Å². The van der Waals surface area contributed by atoms with E-state index in [4.69, 9.17) is 4.74 Å². The van der Waals surface area contributed by atoms with Crippen molar-refractivity contribution in [3.63, 3.8) is 0 Å². The number of aryl methyl sites for hydroxylation is 1. The number of carbonyl (C=O) groups is 2. The molecule has 0 bridgehead atoms. The predicted molar refractivity (Wildman–Crippen MR) is 114 cm³/mol. The van der Waals surface area contributed by atoms with Crippen LogP contribution in [0.2, 0.25) is 0 Å². The predicted octanol–water partition coefficient (Wildman–Crippen LogP) is 4.46. The van der Waals surface area contributed by atoms with Gasteiger partial charge >= 0.3 is 5.97 Å². The normalized spacial score (nSPS) is 12.0. The highest BCUT2D eigenvalue weighted by molar-refractivity contribution is 8.00. The molecule has 5 nitrogen and oxygen atoms in total. The molecule has 1 heterocycles. The number of hydrogen-bond acceptors (Lipinski definition) is 6. The van der Waals surface area contributed by atoms with Crippen LogP contribution in [0.15, 0.2) is 53.4 Å². The Morgan fingerprint density at radius 3 is 2.64 bits per heavy atom. The molecule has 2 aromatic carbocycles. The third-order valence-corrected chi connectivity index (χ3v) is 6.79. The zero-order chi connectivity index (χ0) is 20.1. The summed E-state index contributed by atoms with van der Waals surface area (Å²) < 4.78 is 6.25. The fourth-order valence-corrected chi connectivity index (χ4v) is 4.48. The molecule has 7 heteroatoms. The summed E-state index contributed by atoms with van der Waals surface area (Å²) in [6.07, 6.45) is 0. The van der Waals surface area contributed by atoms with Gasteiger partial charge in [0.15, 0.2) is 6.61 Å². The fourth-order valence-electron chi connectivity index (χ4n) is 2.59. The average Bonchev–Trinajstić information content (AvgIpc) is 3.14. The molecule has 0 aliphatic rings. The molecule has 0 saturated heterocycles. The standard InChI is InChI=1S/C21H22N2O3S2/c1-14-8-4-6-10-17(14)27-13-20(25)26-12-19(24)23(3)15(2)21-22-16-9-5-7-11-18(16)28-21/h4-11,15H,12-13H2,1-3H3/t15-/m1/s1. The highest BCUT2D eigenvalue weighted by atomic mass is 32.2. The summed E-state index contributed by atoms with van der Waals surface area (Å²) in [7, 11) is 1.70. The van der Waals surface area contributed by atoms with Gasteiger partial charge in [0, 0.05) is 11.9 Å². The molecule has 1 amide bonds. The van der Waals surface area contributed by atoms with Gasteiger partial charge in [-0.1, -0.05) is 30.3 Å². The molecule has 1 aromatic heterocycles. The lowest BCUT2D eigenvalue weighted by molar-refractivity contribution is -0.150. The number of amides is 1. The number of benzene rings is 2. The number of likely N-dealkylation sites (N-methyl/N-ethyl adjacent to an activating group) is 1. The SMILES string of the molecule is Cc1ccccc1SCC(=O)OCC(=O)N(C)[C@H](C)c1nc2ccccc2s1. The Labute approximate surface area is 172 Å². The van der Waals surface area contributed by atoms with Crippen molar-refractivity contribution < 1.29 is 14.3 Å². The smallest absolute Gasteiger partial charge is 0.316 e. The van der Waals surface area contributed by atoms with Crippen LogP contribution in [-0.2, 0) is 14.3 Å². The van der Waals surface area contributed by atoms with E-state index in [9.17, 15) is 9.59 Å². The van der Waals surface area contributed by atoms with E-state index in [1.165, 1.54) is 11.8 Å². The van der Waals surface area contributed by atoms with Gasteiger partial charge in [-0.3, -0.25) is 9.59 Å². The van der Waals surface area contributed by atoms with E-state index in [1.807, 2.05) is 62.4 Å². The topological polar surface area (TPSA) is 59.5 Å². The first-order valence-electron chi connectivity index (χ1n) is 8.91. The van der Waals surface area contributed by atoms with Gasteiger partial charge in [-0.2, -0.15) is 0 Å². The summed E-state index contributed by atoms with van der Waals surface area (Å²) in [4.78, 5) is 31.6. The molecule has 0 radical (unpaired) electrons. The van der Waals surface area contributed by atoms with Crippen molar-refractivity contribution in [3.05, 3.63) is 59.1 Å². The molecular weight excluding hydrogens is 392 g/mol. The second kappa shape index (κ2) is 9.21. The third kappa shape index (κ3) is 4.91. The van der Waals surface area contributed by atoms with Crippen molar-refractivity contribution >= 4 is 45.2 Å². The monoisotopic (exact) mass is 414 g/mol. The van der Waals surface area contributed by atoms with Crippen LogP contribution in [-0.4, -0.2) is 41.2 Å². The van der Waals surface area contributed by atoms with Crippen LogP contribution in [0.5, 0.6) is 0 Å². The number of thiazole rings is 1. The number of thioether (sulfide) groups is 1. The molecule has 0 aliphatic carbocycles. The number of hydrogen-bond donors (Lipinski definition) is 0. The van der Waals surface area contributed by atoms with Crippen LogP contribution in [0.3, 0.4) is 0 Å². The molecule has 3 aromatic rings. The van der Waals surface area contributed by atoms with Crippen LogP contribution in [0.1, 0.15) is 23.5 Å². The highest BCUT2D eigenvalue weighted by Crippen LogP contribution is 2.28. The van der Waals surface area contributed by atoms with Crippen LogP contribution in [0, 0.1) is 6.92 Å². The summed E-state index contributed by atoms with van der Waals surface area (Å²) >= 11 is 2.98. The van der Waals surface area contributed by atoms with Gasteiger partial charge < -0.3 is 9.64 Å². The lowest BCUT2D eigenvalue weighted by Gasteiger charge is -2.23. The first kappa shape index (κ1) is 20.4. The number of nitrogens with zero attached hydrogens (tertiary/aromatic N) is 2. The summed E-state index contributed by atoms with van der Waals surface area (Å²) in [6.45, 7) is 3.65. The first-order valence-corrected chi connectivity index (χ1v) is 10.7. The Balaban J connectivity index is 1.50. The van der Waals surface area contributed by atoms with E-state index >= 15 is 0 Å². The molecular formula is C21H22N2O3S2.